The van der Waals surface area contributed by atoms with Crippen LogP contribution in [0.25, 0.3) is 0 Å². The van der Waals surface area contributed by atoms with Crippen molar-refractivity contribution < 1.29 is 23.8 Å². The highest BCUT2D eigenvalue weighted by Crippen LogP contribution is 2.15. The number of ether oxygens (including phenoxy) is 3. The molecule has 5 nitrogen and oxygen atoms in total. The van der Waals surface area contributed by atoms with Crippen molar-refractivity contribution in [2.75, 3.05) is 19.8 Å². The van der Waals surface area contributed by atoms with Crippen molar-refractivity contribution in [3.63, 3.8) is 0 Å². The maximum atomic E-state index is 12.8. The summed E-state index contributed by atoms with van der Waals surface area (Å²) in [6.45, 7) is 7.29. The van der Waals surface area contributed by atoms with Crippen LogP contribution in [0.15, 0.2) is 122 Å². The molecule has 0 aromatic carbocycles. The van der Waals surface area contributed by atoms with E-state index in [-0.39, 0.29) is 31.6 Å². The van der Waals surface area contributed by atoms with E-state index in [1.165, 1.54) is 103 Å². The number of carbonyl (C=O) groups excluding carboxylic acids is 2. The third-order valence-electron chi connectivity index (χ3n) is 11.0. The van der Waals surface area contributed by atoms with Gasteiger partial charge in [-0.3, -0.25) is 9.59 Å². The highest BCUT2D eigenvalue weighted by atomic mass is 16.6. The molecule has 66 heavy (non-hydrogen) atoms. The van der Waals surface area contributed by atoms with Gasteiger partial charge in [0.05, 0.1) is 19.6 Å². The van der Waals surface area contributed by atoms with E-state index < -0.39 is 6.10 Å². The van der Waals surface area contributed by atoms with Gasteiger partial charge in [0.2, 0.25) is 0 Å². The van der Waals surface area contributed by atoms with Crippen molar-refractivity contribution >= 4 is 11.9 Å². The number of carbonyl (C=O) groups is 2. The average molecular weight is 913 g/mol. The number of esters is 2. The van der Waals surface area contributed by atoms with Crippen LogP contribution in [-0.4, -0.2) is 37.9 Å². The zero-order valence-electron chi connectivity index (χ0n) is 42.9. The van der Waals surface area contributed by atoms with Gasteiger partial charge in [-0.2, -0.15) is 0 Å². The molecule has 1 atom stereocenters. The fourth-order valence-corrected chi connectivity index (χ4v) is 7.12. The third-order valence-corrected chi connectivity index (χ3v) is 11.0. The Morgan fingerprint density at radius 3 is 1.08 bits per heavy atom. The molecule has 0 aliphatic rings. The first kappa shape index (κ1) is 62.3. The number of hydrogen-bond acceptors (Lipinski definition) is 5. The summed E-state index contributed by atoms with van der Waals surface area (Å²) < 4.78 is 17.2. The Morgan fingerprint density at radius 2 is 0.697 bits per heavy atom. The topological polar surface area (TPSA) is 61.8 Å². The van der Waals surface area contributed by atoms with Crippen molar-refractivity contribution in [1.82, 2.24) is 0 Å². The number of allylic oxidation sites excluding steroid dienone is 18. The molecule has 0 bridgehead atoms. The van der Waals surface area contributed by atoms with E-state index in [9.17, 15) is 9.59 Å². The lowest BCUT2D eigenvalue weighted by molar-refractivity contribution is -0.162. The molecule has 0 aromatic heterocycles. The third kappa shape index (κ3) is 52.9. The Balaban J connectivity index is 4.46. The van der Waals surface area contributed by atoms with Gasteiger partial charge in [-0.05, 0) is 77.0 Å². The lowest BCUT2D eigenvalue weighted by Crippen LogP contribution is -2.29. The van der Waals surface area contributed by atoms with Crippen molar-refractivity contribution in [2.45, 2.75) is 232 Å². The van der Waals surface area contributed by atoms with Crippen LogP contribution in [-0.2, 0) is 23.8 Å². The van der Waals surface area contributed by atoms with Crippen molar-refractivity contribution in [3.8, 4) is 0 Å². The van der Waals surface area contributed by atoms with Crippen LogP contribution < -0.4 is 0 Å². The summed E-state index contributed by atoms with van der Waals surface area (Å²) in [6.07, 6.45) is 78.4. The Hall–Kier alpha value is -3.70. The molecule has 0 amide bonds. The van der Waals surface area contributed by atoms with Crippen LogP contribution >= 0.6 is 0 Å². The molecule has 0 rings (SSSR count). The smallest absolute Gasteiger partial charge is 0.310 e. The molecule has 1 unspecified atom stereocenters. The second kappa shape index (κ2) is 55.6. The SMILES string of the molecule is CC/C=C\C/C=C\C/C=C\C/C=C\C/C=C\CCOCC(COC(=O)CCCCCCCCCCCCCCCCCCCCC)OC(=O)C/C=C\C/C=C\C/C=C\C/C=C\C/C=C\CC. The summed E-state index contributed by atoms with van der Waals surface area (Å²) in [4.78, 5) is 25.4. The summed E-state index contributed by atoms with van der Waals surface area (Å²) in [5.74, 6) is -0.586. The second-order valence-electron chi connectivity index (χ2n) is 17.4. The van der Waals surface area contributed by atoms with Gasteiger partial charge in [-0.15, -0.1) is 0 Å². The van der Waals surface area contributed by atoms with E-state index in [2.05, 4.69) is 130 Å². The van der Waals surface area contributed by atoms with Crippen molar-refractivity contribution in [1.29, 1.82) is 0 Å². The Bertz CT molecular complexity index is 1350. The van der Waals surface area contributed by atoms with Crippen molar-refractivity contribution in [3.05, 3.63) is 122 Å². The second-order valence-corrected chi connectivity index (χ2v) is 17.4. The van der Waals surface area contributed by atoms with Crippen LogP contribution in [0.3, 0.4) is 0 Å². The van der Waals surface area contributed by atoms with Crippen LogP contribution in [0.1, 0.15) is 226 Å². The molecule has 5 heteroatoms. The predicted molar refractivity (Wildman–Crippen MR) is 288 cm³/mol. The van der Waals surface area contributed by atoms with Gasteiger partial charge < -0.3 is 14.2 Å². The maximum absolute atomic E-state index is 12.8. The predicted octanol–water partition coefficient (Wildman–Crippen LogP) is 18.6. The summed E-state index contributed by atoms with van der Waals surface area (Å²) in [5, 5.41) is 0. The Labute approximate surface area is 407 Å². The molecule has 0 radical (unpaired) electrons. The van der Waals surface area contributed by atoms with Gasteiger partial charge in [0.1, 0.15) is 6.61 Å². The summed E-state index contributed by atoms with van der Waals surface area (Å²) >= 11 is 0. The van der Waals surface area contributed by atoms with Gasteiger partial charge in [0.25, 0.3) is 0 Å². The molecule has 0 heterocycles. The fourth-order valence-electron chi connectivity index (χ4n) is 7.12. The highest BCUT2D eigenvalue weighted by Gasteiger charge is 2.17. The number of unbranched alkanes of at least 4 members (excludes halogenated alkanes) is 18. The molecule has 0 aliphatic carbocycles. The molecule has 0 fully saturated rings. The van der Waals surface area contributed by atoms with Gasteiger partial charge >= 0.3 is 11.9 Å². The standard InChI is InChI=1S/C61H100O5/c1-4-7-10-13-16-19-22-25-28-30-31-32-34-36-39-42-45-48-51-54-60(62)65-58-59(57-64-56-53-50-47-44-41-38-35-29-26-23-20-17-14-11-8-5-2)66-61(63)55-52-49-46-43-40-37-33-27-24-21-18-15-12-9-6-3/h8-9,11-12,17-18,20-21,26-27,29,33,38,40-41,43,47,49-50,52,59H,4-7,10,13-16,19,22-25,28,30-32,34-37,39,42,44-46,48,51,53-58H2,1-3H3/b11-8-,12-9-,20-17-,21-18-,29-26-,33-27-,41-38-,43-40-,50-47-,52-49-. The molecule has 0 saturated heterocycles. The van der Waals surface area contributed by atoms with Crippen LogP contribution in [0.5, 0.6) is 0 Å². The first-order chi connectivity index (χ1) is 32.6. The minimum atomic E-state index is -0.636. The zero-order valence-corrected chi connectivity index (χ0v) is 42.9. The molecule has 0 N–H and O–H groups in total. The molecule has 0 spiro atoms. The zero-order chi connectivity index (χ0) is 47.7. The lowest BCUT2D eigenvalue weighted by atomic mass is 10.0. The van der Waals surface area contributed by atoms with Crippen LogP contribution in [0, 0.1) is 0 Å². The summed E-state index contributed by atoms with van der Waals surface area (Å²) in [6, 6.07) is 0. The van der Waals surface area contributed by atoms with E-state index in [4.69, 9.17) is 14.2 Å². The van der Waals surface area contributed by atoms with E-state index >= 15 is 0 Å². The quantitative estimate of drug-likeness (QED) is 0.0346. The number of hydrogen-bond donors (Lipinski definition) is 0. The maximum Gasteiger partial charge on any atom is 0.310 e. The van der Waals surface area contributed by atoms with E-state index in [1.807, 2.05) is 12.2 Å². The van der Waals surface area contributed by atoms with Gasteiger partial charge in [-0.1, -0.05) is 258 Å². The van der Waals surface area contributed by atoms with Gasteiger partial charge in [0.15, 0.2) is 6.10 Å². The molecule has 374 valence electrons. The monoisotopic (exact) mass is 913 g/mol. The first-order valence-corrected chi connectivity index (χ1v) is 27.1. The van der Waals surface area contributed by atoms with E-state index in [1.54, 1.807) is 0 Å². The average Bonchev–Trinajstić information content (AvgIpc) is 3.32. The van der Waals surface area contributed by atoms with Crippen LogP contribution in [0.2, 0.25) is 0 Å². The largest absolute Gasteiger partial charge is 0.462 e. The van der Waals surface area contributed by atoms with E-state index in [0.717, 1.165) is 89.9 Å². The molecular weight excluding hydrogens is 813 g/mol. The minimum absolute atomic E-state index is 0.0109. The van der Waals surface area contributed by atoms with Gasteiger partial charge in [-0.25, -0.2) is 0 Å². The van der Waals surface area contributed by atoms with E-state index in [0.29, 0.717) is 13.0 Å². The van der Waals surface area contributed by atoms with Gasteiger partial charge in [0, 0.05) is 6.42 Å². The lowest BCUT2D eigenvalue weighted by Gasteiger charge is -2.18. The fraction of sp³-hybridized carbons (Fsp3) is 0.639. The molecular formula is C61H100O5. The minimum Gasteiger partial charge on any atom is -0.462 e. The highest BCUT2D eigenvalue weighted by molar-refractivity contribution is 5.71. The Morgan fingerprint density at radius 1 is 0.364 bits per heavy atom. The molecule has 0 aliphatic heterocycles. The first-order valence-electron chi connectivity index (χ1n) is 27.1. The normalized spacial score (nSPS) is 13.2. The molecule has 0 aromatic rings. The number of rotatable bonds is 48. The Kier molecular flexibility index (Phi) is 52.5. The van der Waals surface area contributed by atoms with Crippen LogP contribution in [0.4, 0.5) is 0 Å². The summed E-state index contributed by atoms with van der Waals surface area (Å²) in [5.41, 5.74) is 0. The molecule has 0 saturated carbocycles. The summed E-state index contributed by atoms with van der Waals surface area (Å²) in [7, 11) is 0. The van der Waals surface area contributed by atoms with Crippen molar-refractivity contribution in [2.24, 2.45) is 0 Å².